The van der Waals surface area contributed by atoms with Crippen molar-refractivity contribution in [3.05, 3.63) is 11.7 Å². The molecule has 3 N–H and O–H groups in total. The van der Waals surface area contributed by atoms with E-state index in [1.54, 1.807) is 0 Å². The molecule has 1 aliphatic rings. The summed E-state index contributed by atoms with van der Waals surface area (Å²) in [4.78, 5) is 38.6. The zero-order chi connectivity index (χ0) is 19.2. The monoisotopic (exact) mass is 366 g/mol. The van der Waals surface area contributed by atoms with Gasteiger partial charge in [0, 0.05) is 19.8 Å². The standard InChI is InChI=1S/C17H26N4O5/c1-11(15(24)25)18-13(23)7-8-14-19-16(21-26-14)17(20-12(2)22)9-5-3-4-6-10-17/h11H,3-10H2,1-2H3,(H,18,23)(H,20,22)(H,24,25). The Hall–Kier alpha value is -2.45. The summed E-state index contributed by atoms with van der Waals surface area (Å²) in [7, 11) is 0. The molecular weight excluding hydrogens is 340 g/mol. The molecule has 1 unspecified atom stereocenters. The maximum Gasteiger partial charge on any atom is 0.325 e. The van der Waals surface area contributed by atoms with E-state index in [0.29, 0.717) is 11.7 Å². The highest BCUT2D eigenvalue weighted by atomic mass is 16.5. The Morgan fingerprint density at radius 1 is 1.23 bits per heavy atom. The molecule has 1 heterocycles. The molecule has 0 aromatic carbocycles. The summed E-state index contributed by atoms with van der Waals surface area (Å²) in [6, 6.07) is -0.949. The van der Waals surface area contributed by atoms with Crippen molar-refractivity contribution in [1.82, 2.24) is 20.8 Å². The number of carboxylic acid groups (broad SMARTS) is 1. The van der Waals surface area contributed by atoms with Crippen molar-refractivity contribution in [3.8, 4) is 0 Å². The number of aryl methyl sites for hydroxylation is 1. The number of aromatic nitrogens is 2. The predicted octanol–water partition coefficient (Wildman–Crippen LogP) is 1.28. The van der Waals surface area contributed by atoms with E-state index in [0.717, 1.165) is 38.5 Å². The first-order chi connectivity index (χ1) is 12.3. The number of rotatable bonds is 7. The first kappa shape index (κ1) is 19.9. The zero-order valence-corrected chi connectivity index (χ0v) is 15.2. The van der Waals surface area contributed by atoms with Crippen LogP contribution in [-0.2, 0) is 26.3 Å². The van der Waals surface area contributed by atoms with Gasteiger partial charge < -0.3 is 20.3 Å². The van der Waals surface area contributed by atoms with Crippen molar-refractivity contribution < 1.29 is 24.0 Å². The highest BCUT2D eigenvalue weighted by molar-refractivity contribution is 5.83. The molecule has 26 heavy (non-hydrogen) atoms. The second-order valence-corrected chi connectivity index (χ2v) is 6.82. The van der Waals surface area contributed by atoms with Crippen LogP contribution < -0.4 is 10.6 Å². The number of carbonyl (C=O) groups is 3. The van der Waals surface area contributed by atoms with Crippen molar-refractivity contribution in [2.45, 2.75) is 76.8 Å². The van der Waals surface area contributed by atoms with E-state index in [-0.39, 0.29) is 18.7 Å². The zero-order valence-electron chi connectivity index (χ0n) is 15.2. The van der Waals surface area contributed by atoms with Gasteiger partial charge in [-0.25, -0.2) is 0 Å². The second-order valence-electron chi connectivity index (χ2n) is 6.82. The van der Waals surface area contributed by atoms with Crippen LogP contribution in [0.2, 0.25) is 0 Å². The number of carboxylic acids is 1. The van der Waals surface area contributed by atoms with Crippen molar-refractivity contribution in [2.75, 3.05) is 0 Å². The van der Waals surface area contributed by atoms with Gasteiger partial charge in [0.25, 0.3) is 0 Å². The number of aliphatic carboxylic acids is 1. The van der Waals surface area contributed by atoms with Crippen LogP contribution in [0.4, 0.5) is 0 Å². The van der Waals surface area contributed by atoms with Gasteiger partial charge in [-0.05, 0) is 19.8 Å². The third-order valence-corrected chi connectivity index (χ3v) is 4.58. The van der Waals surface area contributed by atoms with Gasteiger partial charge in [-0.3, -0.25) is 14.4 Å². The summed E-state index contributed by atoms with van der Waals surface area (Å²) >= 11 is 0. The van der Waals surface area contributed by atoms with Gasteiger partial charge in [-0.1, -0.05) is 30.8 Å². The van der Waals surface area contributed by atoms with Crippen LogP contribution in [-0.4, -0.2) is 39.1 Å². The molecule has 1 atom stereocenters. The SMILES string of the molecule is CC(=O)NC1(c2noc(CCC(=O)NC(C)C(=O)O)n2)CCCCCC1. The summed E-state index contributed by atoms with van der Waals surface area (Å²) in [5.41, 5.74) is -0.621. The summed E-state index contributed by atoms with van der Waals surface area (Å²) < 4.78 is 5.26. The number of hydrogen-bond donors (Lipinski definition) is 3. The Bertz CT molecular complexity index is 649. The minimum absolute atomic E-state index is 0.0480. The topological polar surface area (TPSA) is 134 Å². The maximum atomic E-state index is 11.8. The van der Waals surface area contributed by atoms with Crippen molar-refractivity contribution >= 4 is 17.8 Å². The van der Waals surface area contributed by atoms with Crippen molar-refractivity contribution in [1.29, 1.82) is 0 Å². The van der Waals surface area contributed by atoms with Gasteiger partial charge >= 0.3 is 5.97 Å². The molecule has 0 radical (unpaired) electrons. The number of amides is 2. The van der Waals surface area contributed by atoms with E-state index >= 15 is 0 Å². The normalized spacial score (nSPS) is 17.8. The summed E-state index contributed by atoms with van der Waals surface area (Å²) in [6.07, 6.45) is 5.92. The predicted molar refractivity (Wildman–Crippen MR) is 91.1 cm³/mol. The second kappa shape index (κ2) is 8.77. The third kappa shape index (κ3) is 5.27. The highest BCUT2D eigenvalue weighted by Gasteiger charge is 2.38. The molecule has 0 spiro atoms. The van der Waals surface area contributed by atoms with E-state index in [1.165, 1.54) is 13.8 Å². The molecule has 1 saturated carbocycles. The lowest BCUT2D eigenvalue weighted by Crippen LogP contribution is -2.45. The largest absolute Gasteiger partial charge is 0.480 e. The van der Waals surface area contributed by atoms with Crippen LogP contribution in [0.25, 0.3) is 0 Å². The number of nitrogens with zero attached hydrogens (tertiary/aromatic N) is 2. The first-order valence-electron chi connectivity index (χ1n) is 8.96. The Balaban J connectivity index is 2.03. The molecule has 0 aliphatic heterocycles. The average molecular weight is 366 g/mol. The van der Waals surface area contributed by atoms with Crippen LogP contribution in [0.1, 0.15) is 70.5 Å². The average Bonchev–Trinajstić information content (AvgIpc) is 2.93. The van der Waals surface area contributed by atoms with E-state index < -0.39 is 23.5 Å². The fourth-order valence-electron chi connectivity index (χ4n) is 3.22. The van der Waals surface area contributed by atoms with Crippen LogP contribution >= 0.6 is 0 Å². The van der Waals surface area contributed by atoms with Crippen molar-refractivity contribution in [3.63, 3.8) is 0 Å². The Labute approximate surface area is 151 Å². The first-order valence-corrected chi connectivity index (χ1v) is 8.96. The highest BCUT2D eigenvalue weighted by Crippen LogP contribution is 2.34. The molecule has 2 rings (SSSR count). The number of carbonyl (C=O) groups excluding carboxylic acids is 2. The lowest BCUT2D eigenvalue weighted by molar-refractivity contribution is -0.141. The summed E-state index contributed by atoms with van der Waals surface area (Å²) in [5, 5.41) is 18.2. The van der Waals surface area contributed by atoms with Gasteiger partial charge in [0.1, 0.15) is 11.6 Å². The van der Waals surface area contributed by atoms with E-state index in [4.69, 9.17) is 9.63 Å². The minimum Gasteiger partial charge on any atom is -0.480 e. The van der Waals surface area contributed by atoms with E-state index in [2.05, 4.69) is 20.8 Å². The fraction of sp³-hybridized carbons (Fsp3) is 0.706. The van der Waals surface area contributed by atoms with Crippen LogP contribution in [0.15, 0.2) is 4.52 Å². The molecule has 1 aliphatic carbocycles. The Morgan fingerprint density at radius 2 is 1.88 bits per heavy atom. The molecule has 144 valence electrons. The lowest BCUT2D eigenvalue weighted by atomic mass is 9.89. The van der Waals surface area contributed by atoms with Crippen LogP contribution in [0, 0.1) is 0 Å². The van der Waals surface area contributed by atoms with Crippen LogP contribution in [0.5, 0.6) is 0 Å². The molecule has 1 aromatic heterocycles. The summed E-state index contributed by atoms with van der Waals surface area (Å²) in [5.74, 6) is -0.883. The number of hydrogen-bond acceptors (Lipinski definition) is 6. The summed E-state index contributed by atoms with van der Waals surface area (Å²) in [6.45, 7) is 2.87. The fourth-order valence-corrected chi connectivity index (χ4v) is 3.22. The molecule has 2 amide bonds. The van der Waals surface area contributed by atoms with Crippen molar-refractivity contribution in [2.24, 2.45) is 0 Å². The molecule has 9 nitrogen and oxygen atoms in total. The van der Waals surface area contributed by atoms with E-state index in [1.807, 2.05) is 0 Å². The molecule has 9 heteroatoms. The quantitative estimate of drug-likeness (QED) is 0.619. The van der Waals surface area contributed by atoms with Gasteiger partial charge in [-0.15, -0.1) is 0 Å². The van der Waals surface area contributed by atoms with E-state index in [9.17, 15) is 14.4 Å². The third-order valence-electron chi connectivity index (χ3n) is 4.58. The van der Waals surface area contributed by atoms with Gasteiger partial charge in [0.2, 0.25) is 17.7 Å². The lowest BCUT2D eigenvalue weighted by Gasteiger charge is -2.30. The van der Waals surface area contributed by atoms with Gasteiger partial charge in [-0.2, -0.15) is 4.98 Å². The Kier molecular flexibility index (Phi) is 6.70. The smallest absolute Gasteiger partial charge is 0.325 e. The van der Waals surface area contributed by atoms with Gasteiger partial charge in [0.05, 0.1) is 0 Å². The van der Waals surface area contributed by atoms with Crippen LogP contribution in [0.3, 0.4) is 0 Å². The molecule has 1 aromatic rings. The number of nitrogens with one attached hydrogen (secondary N) is 2. The molecule has 1 fully saturated rings. The molecular formula is C17H26N4O5. The molecule has 0 saturated heterocycles. The molecule has 0 bridgehead atoms. The Morgan fingerprint density at radius 3 is 2.46 bits per heavy atom. The van der Waals surface area contributed by atoms with Gasteiger partial charge in [0.15, 0.2) is 5.82 Å². The maximum absolute atomic E-state index is 11.8. The minimum atomic E-state index is -1.09.